The Balaban J connectivity index is 1.55. The number of ether oxygens (including phenoxy) is 2. The van der Waals surface area contributed by atoms with Gasteiger partial charge in [0.25, 0.3) is 11.1 Å². The van der Waals surface area contributed by atoms with Crippen molar-refractivity contribution in [2.75, 3.05) is 7.11 Å². The third-order valence-corrected chi connectivity index (χ3v) is 7.98. The van der Waals surface area contributed by atoms with Crippen molar-refractivity contribution in [3.8, 4) is 11.5 Å². The molecule has 0 aromatic heterocycles. The summed E-state index contributed by atoms with van der Waals surface area (Å²) in [7, 11) is 1.51. The molecule has 4 rings (SSSR count). The van der Waals surface area contributed by atoms with Crippen LogP contribution >= 0.6 is 74.1 Å². The zero-order chi connectivity index (χ0) is 26.0. The van der Waals surface area contributed by atoms with Gasteiger partial charge in [-0.1, -0.05) is 58.5 Å². The third kappa shape index (κ3) is 5.98. The van der Waals surface area contributed by atoms with E-state index in [1.807, 2.05) is 0 Å². The Morgan fingerprint density at radius 1 is 1.00 bits per heavy atom. The second kappa shape index (κ2) is 11.7. The van der Waals surface area contributed by atoms with Gasteiger partial charge in [0.05, 0.1) is 23.0 Å². The molecule has 0 N–H and O–H groups in total. The number of thioether (sulfide) groups is 1. The van der Waals surface area contributed by atoms with E-state index in [9.17, 15) is 9.59 Å². The van der Waals surface area contributed by atoms with Crippen LogP contribution in [0.1, 0.15) is 16.7 Å². The van der Waals surface area contributed by atoms with Gasteiger partial charge in [-0.25, -0.2) is 0 Å². The molecule has 0 radical (unpaired) electrons. The van der Waals surface area contributed by atoms with Crippen LogP contribution in [-0.4, -0.2) is 23.2 Å². The number of carbonyl (C=O) groups is 2. The molecule has 186 valence electrons. The molecule has 0 aliphatic carbocycles. The summed E-state index contributed by atoms with van der Waals surface area (Å²) in [5.41, 5.74) is 1.90. The van der Waals surface area contributed by atoms with Gasteiger partial charge in [0.15, 0.2) is 11.5 Å². The maximum absolute atomic E-state index is 13.0. The Morgan fingerprint density at radius 2 is 1.72 bits per heavy atom. The number of hydrogen-bond acceptors (Lipinski definition) is 5. The molecule has 36 heavy (non-hydrogen) atoms. The van der Waals surface area contributed by atoms with Crippen LogP contribution in [0.3, 0.4) is 0 Å². The van der Waals surface area contributed by atoms with E-state index in [0.717, 1.165) is 22.2 Å². The van der Waals surface area contributed by atoms with Crippen molar-refractivity contribution in [2.45, 2.75) is 13.2 Å². The van der Waals surface area contributed by atoms with Crippen molar-refractivity contribution in [3.63, 3.8) is 0 Å². The highest BCUT2D eigenvalue weighted by molar-refractivity contribution is 9.10. The van der Waals surface area contributed by atoms with Crippen LogP contribution in [0.4, 0.5) is 4.79 Å². The van der Waals surface area contributed by atoms with E-state index in [4.69, 9.17) is 55.9 Å². The highest BCUT2D eigenvalue weighted by Gasteiger charge is 2.35. The number of methoxy groups -OCH3 is 1. The normalized spacial score (nSPS) is 14.6. The van der Waals surface area contributed by atoms with Crippen molar-refractivity contribution < 1.29 is 19.1 Å². The minimum absolute atomic E-state index is 0.0203. The van der Waals surface area contributed by atoms with E-state index in [2.05, 4.69) is 15.9 Å². The van der Waals surface area contributed by atoms with Crippen molar-refractivity contribution in [1.29, 1.82) is 0 Å². The monoisotopic (exact) mass is 645 g/mol. The Morgan fingerprint density at radius 3 is 2.39 bits per heavy atom. The average Bonchev–Trinajstić information content (AvgIpc) is 3.08. The average molecular weight is 648 g/mol. The number of imide groups is 1. The van der Waals surface area contributed by atoms with Gasteiger partial charge in [0, 0.05) is 31.2 Å². The summed E-state index contributed by atoms with van der Waals surface area (Å²) in [6.07, 6.45) is 1.62. The van der Waals surface area contributed by atoms with Crippen molar-refractivity contribution in [2.24, 2.45) is 0 Å². The molecule has 1 aliphatic heterocycles. The predicted octanol–water partition coefficient (Wildman–Crippen LogP) is 8.89. The van der Waals surface area contributed by atoms with Crippen LogP contribution in [0.5, 0.6) is 11.5 Å². The van der Waals surface area contributed by atoms with Crippen LogP contribution in [0.15, 0.2) is 57.9 Å². The summed E-state index contributed by atoms with van der Waals surface area (Å²) in [6.45, 7) is 0.168. The molecule has 1 heterocycles. The molecule has 0 spiro atoms. The van der Waals surface area contributed by atoms with Gasteiger partial charge in [-0.2, -0.15) is 0 Å². The van der Waals surface area contributed by atoms with Gasteiger partial charge < -0.3 is 9.47 Å². The lowest BCUT2D eigenvalue weighted by molar-refractivity contribution is -0.123. The van der Waals surface area contributed by atoms with Crippen LogP contribution < -0.4 is 9.47 Å². The molecule has 1 saturated heterocycles. The summed E-state index contributed by atoms with van der Waals surface area (Å²) in [5.74, 6) is 0.457. The van der Waals surface area contributed by atoms with Crippen molar-refractivity contribution >= 4 is 91.3 Å². The van der Waals surface area contributed by atoms with Gasteiger partial charge in [-0.15, -0.1) is 0 Å². The molecule has 0 bridgehead atoms. The zero-order valence-corrected chi connectivity index (χ0v) is 23.9. The molecule has 3 aromatic rings. The Hall–Kier alpha value is -1.87. The quantitative estimate of drug-likeness (QED) is 0.240. The standard InChI is InChI=1S/C25H16BrCl4NO4S/c1-34-21-8-13(7-17(26)23(21)35-12-14-5-6-15(27)10-20(14)30)9-22-24(32)31(25(33)36-22)11-16-18(28)3-2-4-19(16)29/h2-10H,11-12H2,1H3/b22-9+. The Kier molecular flexibility index (Phi) is 8.81. The van der Waals surface area contributed by atoms with Gasteiger partial charge >= 0.3 is 0 Å². The molecule has 2 amide bonds. The van der Waals surface area contributed by atoms with Gasteiger partial charge in [-0.3, -0.25) is 14.5 Å². The van der Waals surface area contributed by atoms with Crippen LogP contribution in [0.2, 0.25) is 20.1 Å². The number of halogens is 5. The highest BCUT2D eigenvalue weighted by atomic mass is 79.9. The molecule has 11 heteroatoms. The first-order chi connectivity index (χ1) is 17.2. The van der Waals surface area contributed by atoms with Crippen molar-refractivity contribution in [1.82, 2.24) is 4.90 Å². The van der Waals surface area contributed by atoms with Crippen LogP contribution in [0.25, 0.3) is 6.08 Å². The Bertz CT molecular complexity index is 1380. The first-order valence-corrected chi connectivity index (χ1v) is 13.4. The van der Waals surface area contributed by atoms with Crippen LogP contribution in [0, 0.1) is 0 Å². The summed E-state index contributed by atoms with van der Waals surface area (Å²) in [6, 6.07) is 13.6. The minimum atomic E-state index is -0.436. The number of rotatable bonds is 7. The van der Waals surface area contributed by atoms with Gasteiger partial charge in [0.2, 0.25) is 0 Å². The lowest BCUT2D eigenvalue weighted by atomic mass is 10.1. The molecule has 1 aliphatic rings. The number of hydrogen-bond donors (Lipinski definition) is 0. The van der Waals surface area contributed by atoms with Crippen LogP contribution in [-0.2, 0) is 17.9 Å². The SMILES string of the molecule is COc1cc(/C=C2/SC(=O)N(Cc3c(Cl)cccc3Cl)C2=O)cc(Br)c1OCc1ccc(Cl)cc1Cl. The molecular weight excluding hydrogens is 632 g/mol. The third-order valence-electron chi connectivity index (χ3n) is 5.19. The number of nitrogens with zero attached hydrogens (tertiary/aromatic N) is 1. The van der Waals surface area contributed by atoms with E-state index < -0.39 is 11.1 Å². The van der Waals surface area contributed by atoms with Gasteiger partial charge in [0.1, 0.15) is 6.61 Å². The van der Waals surface area contributed by atoms with E-state index in [-0.39, 0.29) is 18.1 Å². The lowest BCUT2D eigenvalue weighted by Gasteiger charge is -2.15. The first kappa shape index (κ1) is 27.2. The number of carbonyl (C=O) groups excluding carboxylic acids is 2. The number of benzene rings is 3. The predicted molar refractivity (Wildman–Crippen MR) is 149 cm³/mol. The van der Waals surface area contributed by atoms with E-state index in [1.165, 1.54) is 7.11 Å². The molecule has 0 atom stereocenters. The fraction of sp³-hybridized carbons (Fsp3) is 0.120. The molecule has 3 aromatic carbocycles. The second-order valence-electron chi connectivity index (χ2n) is 7.53. The first-order valence-electron chi connectivity index (χ1n) is 10.3. The second-order valence-corrected chi connectivity index (χ2v) is 11.0. The minimum Gasteiger partial charge on any atom is -0.493 e. The molecule has 0 saturated carbocycles. The molecular formula is C25H16BrCl4NO4S. The summed E-state index contributed by atoms with van der Waals surface area (Å²) < 4.78 is 12.1. The largest absolute Gasteiger partial charge is 0.493 e. The van der Waals surface area contributed by atoms with Gasteiger partial charge in [-0.05, 0) is 75.7 Å². The van der Waals surface area contributed by atoms with E-state index in [1.54, 1.807) is 54.6 Å². The number of amides is 2. The van der Waals surface area contributed by atoms with Crippen molar-refractivity contribution in [3.05, 3.63) is 94.7 Å². The fourth-order valence-electron chi connectivity index (χ4n) is 3.38. The highest BCUT2D eigenvalue weighted by Crippen LogP contribution is 2.40. The maximum atomic E-state index is 13.0. The smallest absolute Gasteiger partial charge is 0.293 e. The van der Waals surface area contributed by atoms with E-state index in [0.29, 0.717) is 47.2 Å². The summed E-state index contributed by atoms with van der Waals surface area (Å²) >= 11 is 29.0. The fourth-order valence-corrected chi connectivity index (χ4v) is 5.77. The lowest BCUT2D eigenvalue weighted by Crippen LogP contribution is -2.27. The van der Waals surface area contributed by atoms with E-state index >= 15 is 0 Å². The molecule has 1 fully saturated rings. The maximum Gasteiger partial charge on any atom is 0.293 e. The summed E-state index contributed by atoms with van der Waals surface area (Å²) in [4.78, 5) is 27.0. The Labute approximate surface area is 240 Å². The zero-order valence-electron chi connectivity index (χ0n) is 18.5. The summed E-state index contributed by atoms with van der Waals surface area (Å²) in [5, 5.41) is 1.38. The topological polar surface area (TPSA) is 55.8 Å². The molecule has 5 nitrogen and oxygen atoms in total. The molecule has 0 unspecified atom stereocenters.